The summed E-state index contributed by atoms with van der Waals surface area (Å²) in [6.45, 7) is 2.80. The van der Waals surface area contributed by atoms with Crippen molar-refractivity contribution in [2.45, 2.75) is 45.4 Å². The largest absolute Gasteiger partial charge is 0.493 e. The van der Waals surface area contributed by atoms with E-state index in [1.807, 2.05) is 36.4 Å². The molecule has 0 unspecified atom stereocenters. The van der Waals surface area contributed by atoms with Crippen LogP contribution in [0, 0.1) is 0 Å². The molecule has 0 aliphatic heterocycles. The Morgan fingerprint density at radius 3 is 2.52 bits per heavy atom. The first-order chi connectivity index (χ1) is 14.2. The fraction of sp³-hybridized carbons (Fsp3) is 0.391. The van der Waals surface area contributed by atoms with E-state index >= 15 is 0 Å². The lowest BCUT2D eigenvalue weighted by Gasteiger charge is -2.09. The van der Waals surface area contributed by atoms with Gasteiger partial charge in [-0.15, -0.1) is 0 Å². The van der Waals surface area contributed by atoms with Crippen molar-refractivity contribution in [3.63, 3.8) is 0 Å². The van der Waals surface area contributed by atoms with Gasteiger partial charge in [-0.05, 0) is 42.8 Å². The number of rotatable bonds is 13. The van der Waals surface area contributed by atoms with Crippen molar-refractivity contribution in [3.8, 4) is 11.5 Å². The second kappa shape index (κ2) is 13.8. The molecule has 0 saturated heterocycles. The van der Waals surface area contributed by atoms with Crippen molar-refractivity contribution in [3.05, 3.63) is 58.6 Å². The van der Waals surface area contributed by atoms with Crippen molar-refractivity contribution in [2.75, 3.05) is 13.2 Å². The molecule has 0 aliphatic rings. The van der Waals surface area contributed by atoms with E-state index in [4.69, 9.17) is 9.47 Å². The van der Waals surface area contributed by atoms with E-state index in [1.54, 1.807) is 18.3 Å². The van der Waals surface area contributed by atoms with E-state index < -0.39 is 0 Å². The topological polar surface area (TPSA) is 59.9 Å². The highest BCUT2D eigenvalue weighted by Crippen LogP contribution is 2.17. The minimum Gasteiger partial charge on any atom is -0.493 e. The molecule has 0 radical (unpaired) electrons. The van der Waals surface area contributed by atoms with E-state index in [9.17, 15) is 4.79 Å². The first-order valence-corrected chi connectivity index (χ1v) is 10.9. The number of para-hydroxylation sites is 1. The van der Waals surface area contributed by atoms with Crippen LogP contribution in [0.2, 0.25) is 0 Å². The molecule has 29 heavy (non-hydrogen) atoms. The molecule has 2 aromatic rings. The Morgan fingerprint density at radius 2 is 1.72 bits per heavy atom. The van der Waals surface area contributed by atoms with Gasteiger partial charge in [-0.25, -0.2) is 5.43 Å². The number of benzene rings is 2. The van der Waals surface area contributed by atoms with Gasteiger partial charge in [-0.3, -0.25) is 4.79 Å². The van der Waals surface area contributed by atoms with E-state index in [0.29, 0.717) is 12.4 Å². The van der Waals surface area contributed by atoms with Crippen molar-refractivity contribution < 1.29 is 14.3 Å². The van der Waals surface area contributed by atoms with Gasteiger partial charge in [0.15, 0.2) is 6.61 Å². The molecule has 0 atom stereocenters. The number of unbranched alkanes of at least 4 members (excludes halogenated alkanes) is 5. The maximum atomic E-state index is 11.9. The molecule has 0 bridgehead atoms. The third-order valence-corrected chi connectivity index (χ3v) is 4.78. The number of hydrogen-bond acceptors (Lipinski definition) is 4. The molecule has 1 amide bonds. The summed E-state index contributed by atoms with van der Waals surface area (Å²) in [7, 11) is 0. The van der Waals surface area contributed by atoms with Gasteiger partial charge in [0.25, 0.3) is 5.91 Å². The first kappa shape index (κ1) is 22.9. The van der Waals surface area contributed by atoms with Gasteiger partial charge in [0.2, 0.25) is 0 Å². The molecule has 2 rings (SSSR count). The Balaban J connectivity index is 1.72. The lowest BCUT2D eigenvalue weighted by molar-refractivity contribution is -0.123. The molecule has 0 fully saturated rings. The number of halogens is 1. The number of carbonyl (C=O) groups excluding carboxylic acids is 1. The van der Waals surface area contributed by atoms with Gasteiger partial charge in [-0.2, -0.15) is 5.10 Å². The smallest absolute Gasteiger partial charge is 0.277 e. The number of amides is 1. The summed E-state index contributed by atoms with van der Waals surface area (Å²) in [5, 5.41) is 4.01. The number of hydrazone groups is 1. The predicted molar refractivity (Wildman–Crippen MR) is 121 cm³/mol. The van der Waals surface area contributed by atoms with Crippen LogP contribution in [0.15, 0.2) is 58.1 Å². The standard InChI is InChI=1S/C23H29BrN2O3/c1-2-3-4-5-6-9-16-28-22-11-8-7-10-19(22)17-25-26-23(27)18-29-21-14-12-20(24)13-15-21/h7-8,10-15,17H,2-6,9,16,18H2,1H3,(H,26,27)/b25-17-. The molecular formula is C23H29BrN2O3. The molecule has 0 spiro atoms. The highest BCUT2D eigenvalue weighted by molar-refractivity contribution is 9.10. The predicted octanol–water partition coefficient (Wildman–Crippen LogP) is 5.72. The van der Waals surface area contributed by atoms with Crippen LogP contribution in [-0.4, -0.2) is 25.3 Å². The van der Waals surface area contributed by atoms with Gasteiger partial charge in [0.05, 0.1) is 12.8 Å². The highest BCUT2D eigenvalue weighted by atomic mass is 79.9. The quantitative estimate of drug-likeness (QED) is 0.236. The lowest BCUT2D eigenvalue weighted by Crippen LogP contribution is -2.24. The molecule has 5 nitrogen and oxygen atoms in total. The fourth-order valence-corrected chi connectivity index (χ4v) is 2.93. The molecule has 1 N–H and O–H groups in total. The summed E-state index contributed by atoms with van der Waals surface area (Å²) in [5.74, 6) is 1.07. The van der Waals surface area contributed by atoms with Crippen LogP contribution in [0.4, 0.5) is 0 Å². The van der Waals surface area contributed by atoms with Crippen molar-refractivity contribution in [1.82, 2.24) is 5.43 Å². The zero-order valence-electron chi connectivity index (χ0n) is 16.9. The van der Waals surface area contributed by atoms with E-state index in [-0.39, 0.29) is 12.5 Å². The van der Waals surface area contributed by atoms with Crippen LogP contribution in [0.3, 0.4) is 0 Å². The SMILES string of the molecule is CCCCCCCCOc1ccccc1/C=N\NC(=O)COc1ccc(Br)cc1. The molecule has 6 heteroatoms. The molecule has 0 aliphatic carbocycles. The Morgan fingerprint density at radius 1 is 1.00 bits per heavy atom. The summed E-state index contributed by atoms with van der Waals surface area (Å²) in [6.07, 6.45) is 8.94. The minimum absolute atomic E-state index is 0.102. The van der Waals surface area contributed by atoms with Crippen LogP contribution in [0.25, 0.3) is 0 Å². The van der Waals surface area contributed by atoms with Gasteiger partial charge < -0.3 is 9.47 Å². The van der Waals surface area contributed by atoms with Crippen LogP contribution < -0.4 is 14.9 Å². The maximum absolute atomic E-state index is 11.9. The number of ether oxygens (including phenoxy) is 2. The van der Waals surface area contributed by atoms with Crippen molar-refractivity contribution in [1.29, 1.82) is 0 Å². The molecule has 0 saturated carbocycles. The summed E-state index contributed by atoms with van der Waals surface area (Å²) in [5.41, 5.74) is 3.30. The van der Waals surface area contributed by atoms with Gasteiger partial charge in [-0.1, -0.05) is 67.1 Å². The van der Waals surface area contributed by atoms with E-state index in [1.165, 1.54) is 32.1 Å². The molecule has 0 aromatic heterocycles. The highest BCUT2D eigenvalue weighted by Gasteiger charge is 2.03. The van der Waals surface area contributed by atoms with Crippen LogP contribution in [-0.2, 0) is 4.79 Å². The third kappa shape index (κ3) is 9.61. The van der Waals surface area contributed by atoms with Crippen LogP contribution in [0.1, 0.15) is 51.0 Å². The monoisotopic (exact) mass is 460 g/mol. The average molecular weight is 461 g/mol. The second-order valence-electron chi connectivity index (χ2n) is 6.69. The van der Waals surface area contributed by atoms with Crippen LogP contribution in [0.5, 0.6) is 11.5 Å². The fourth-order valence-electron chi connectivity index (χ4n) is 2.67. The Hall–Kier alpha value is -2.34. The third-order valence-electron chi connectivity index (χ3n) is 4.25. The Labute approximate surface area is 181 Å². The van der Waals surface area contributed by atoms with Crippen LogP contribution >= 0.6 is 15.9 Å². The maximum Gasteiger partial charge on any atom is 0.277 e. The average Bonchev–Trinajstić information content (AvgIpc) is 2.73. The van der Waals surface area contributed by atoms with Gasteiger partial charge >= 0.3 is 0 Å². The van der Waals surface area contributed by atoms with E-state index in [0.717, 1.165) is 22.2 Å². The molecule has 156 valence electrons. The second-order valence-corrected chi connectivity index (χ2v) is 7.61. The number of nitrogens with zero attached hydrogens (tertiary/aromatic N) is 1. The summed E-state index contributed by atoms with van der Waals surface area (Å²) in [4.78, 5) is 11.9. The van der Waals surface area contributed by atoms with Crippen molar-refractivity contribution >= 4 is 28.1 Å². The molecular weight excluding hydrogens is 432 g/mol. The number of carbonyl (C=O) groups is 1. The molecule has 2 aromatic carbocycles. The zero-order valence-corrected chi connectivity index (χ0v) is 18.5. The summed E-state index contributed by atoms with van der Waals surface area (Å²) < 4.78 is 12.3. The molecule has 0 heterocycles. The summed E-state index contributed by atoms with van der Waals surface area (Å²) >= 11 is 3.36. The zero-order chi connectivity index (χ0) is 20.7. The summed E-state index contributed by atoms with van der Waals surface area (Å²) in [6, 6.07) is 15.0. The first-order valence-electron chi connectivity index (χ1n) is 10.1. The Bertz CT molecular complexity index is 763. The van der Waals surface area contributed by atoms with Gasteiger partial charge in [0, 0.05) is 10.0 Å². The van der Waals surface area contributed by atoms with E-state index in [2.05, 4.69) is 33.4 Å². The number of nitrogens with one attached hydrogen (secondary N) is 1. The minimum atomic E-state index is -0.324. The van der Waals surface area contributed by atoms with Gasteiger partial charge in [0.1, 0.15) is 11.5 Å². The lowest BCUT2D eigenvalue weighted by atomic mass is 10.1. The van der Waals surface area contributed by atoms with Crippen molar-refractivity contribution in [2.24, 2.45) is 5.10 Å². The normalized spacial score (nSPS) is 10.8. The Kier molecular flexibility index (Phi) is 10.9. The number of hydrogen-bond donors (Lipinski definition) is 1.